The molecule has 6 heteroatoms. The molecule has 0 aromatic carbocycles. The van der Waals surface area contributed by atoms with Gasteiger partial charge < -0.3 is 20.5 Å². The molecular weight excluding hydrogens is 248 g/mol. The van der Waals surface area contributed by atoms with Crippen molar-refractivity contribution in [3.63, 3.8) is 0 Å². The average molecular weight is 272 g/mol. The highest BCUT2D eigenvalue weighted by molar-refractivity contribution is 5.78. The van der Waals surface area contributed by atoms with Crippen LogP contribution in [0.5, 0.6) is 0 Å². The van der Waals surface area contributed by atoms with E-state index in [1.54, 1.807) is 0 Å². The number of amides is 1. The van der Waals surface area contributed by atoms with Gasteiger partial charge in [-0.05, 0) is 12.3 Å². The molecule has 1 rings (SSSR count). The SMILES string of the molecule is CC1(OCC(=O)NC(CC(=O)O)C(C)(C)C)CNC1. The van der Waals surface area contributed by atoms with Crippen LogP contribution in [0.15, 0.2) is 0 Å². The lowest BCUT2D eigenvalue weighted by atomic mass is 9.85. The monoisotopic (exact) mass is 272 g/mol. The normalized spacial score (nSPS) is 19.4. The van der Waals surface area contributed by atoms with Crippen LogP contribution in [0.2, 0.25) is 0 Å². The second-order valence-electron chi connectivity index (χ2n) is 6.43. The third kappa shape index (κ3) is 5.16. The van der Waals surface area contributed by atoms with E-state index in [1.165, 1.54) is 0 Å². The van der Waals surface area contributed by atoms with Gasteiger partial charge in [-0.15, -0.1) is 0 Å². The molecule has 1 saturated heterocycles. The highest BCUT2D eigenvalue weighted by Gasteiger charge is 2.34. The second-order valence-corrected chi connectivity index (χ2v) is 6.43. The maximum Gasteiger partial charge on any atom is 0.305 e. The van der Waals surface area contributed by atoms with E-state index in [1.807, 2.05) is 27.7 Å². The fourth-order valence-corrected chi connectivity index (χ4v) is 1.80. The van der Waals surface area contributed by atoms with Crippen molar-refractivity contribution < 1.29 is 19.4 Å². The Hall–Kier alpha value is -1.14. The number of aliphatic carboxylic acids is 1. The van der Waals surface area contributed by atoms with Crippen LogP contribution in [0.25, 0.3) is 0 Å². The lowest BCUT2D eigenvalue weighted by molar-refractivity contribution is -0.140. The Bertz CT molecular complexity index is 345. The van der Waals surface area contributed by atoms with Crippen molar-refractivity contribution in [2.45, 2.75) is 45.8 Å². The van der Waals surface area contributed by atoms with E-state index in [-0.39, 0.29) is 30.0 Å². The van der Waals surface area contributed by atoms with Gasteiger partial charge in [0.15, 0.2) is 0 Å². The Kier molecular flexibility index (Phi) is 4.92. The average Bonchev–Trinajstić information content (AvgIpc) is 2.21. The molecule has 19 heavy (non-hydrogen) atoms. The van der Waals surface area contributed by atoms with Crippen molar-refractivity contribution >= 4 is 11.9 Å². The van der Waals surface area contributed by atoms with Gasteiger partial charge in [0.05, 0.1) is 12.0 Å². The molecule has 1 fully saturated rings. The summed E-state index contributed by atoms with van der Waals surface area (Å²) in [4.78, 5) is 22.6. The summed E-state index contributed by atoms with van der Waals surface area (Å²) in [6.07, 6.45) is -0.0892. The van der Waals surface area contributed by atoms with Crippen LogP contribution in [0.1, 0.15) is 34.1 Å². The predicted molar refractivity (Wildman–Crippen MR) is 70.9 cm³/mol. The van der Waals surface area contributed by atoms with Crippen molar-refractivity contribution in [2.75, 3.05) is 19.7 Å². The van der Waals surface area contributed by atoms with Crippen molar-refractivity contribution in [3.8, 4) is 0 Å². The van der Waals surface area contributed by atoms with Crippen LogP contribution in [0.4, 0.5) is 0 Å². The van der Waals surface area contributed by atoms with Crippen LogP contribution in [0, 0.1) is 5.41 Å². The van der Waals surface area contributed by atoms with Crippen LogP contribution in [0.3, 0.4) is 0 Å². The molecule has 1 aliphatic rings. The number of carboxylic acids is 1. The molecule has 0 radical (unpaired) electrons. The van der Waals surface area contributed by atoms with Gasteiger partial charge in [0, 0.05) is 19.1 Å². The molecule has 1 aliphatic heterocycles. The van der Waals surface area contributed by atoms with Crippen molar-refractivity contribution in [1.29, 1.82) is 0 Å². The fourth-order valence-electron chi connectivity index (χ4n) is 1.80. The van der Waals surface area contributed by atoms with Gasteiger partial charge in [-0.3, -0.25) is 9.59 Å². The highest BCUT2D eigenvalue weighted by Crippen LogP contribution is 2.22. The van der Waals surface area contributed by atoms with Gasteiger partial charge >= 0.3 is 5.97 Å². The van der Waals surface area contributed by atoms with Crippen molar-refractivity contribution in [2.24, 2.45) is 5.41 Å². The summed E-state index contributed by atoms with van der Waals surface area (Å²) >= 11 is 0. The van der Waals surface area contributed by atoms with E-state index in [4.69, 9.17) is 9.84 Å². The zero-order valence-corrected chi connectivity index (χ0v) is 12.1. The molecule has 1 unspecified atom stereocenters. The number of hydrogen-bond acceptors (Lipinski definition) is 4. The number of carboxylic acid groups (broad SMARTS) is 1. The van der Waals surface area contributed by atoms with Crippen LogP contribution >= 0.6 is 0 Å². The Balaban J connectivity index is 2.44. The Morgan fingerprint density at radius 1 is 1.42 bits per heavy atom. The molecule has 0 bridgehead atoms. The summed E-state index contributed by atoms with van der Waals surface area (Å²) < 4.78 is 5.52. The molecule has 0 aromatic rings. The molecule has 0 spiro atoms. The number of carbonyl (C=O) groups excluding carboxylic acids is 1. The van der Waals surface area contributed by atoms with Gasteiger partial charge in [0.2, 0.25) is 5.91 Å². The quantitative estimate of drug-likeness (QED) is 0.650. The van der Waals surface area contributed by atoms with Gasteiger partial charge in [0.1, 0.15) is 6.61 Å². The summed E-state index contributed by atoms with van der Waals surface area (Å²) in [5.41, 5.74) is -0.586. The van der Waals surface area contributed by atoms with E-state index in [0.29, 0.717) is 0 Å². The zero-order valence-electron chi connectivity index (χ0n) is 12.1. The van der Waals surface area contributed by atoms with E-state index >= 15 is 0 Å². The maximum atomic E-state index is 11.8. The topological polar surface area (TPSA) is 87.7 Å². The summed E-state index contributed by atoms with van der Waals surface area (Å²) in [6.45, 7) is 9.08. The second kappa shape index (κ2) is 5.88. The molecule has 6 nitrogen and oxygen atoms in total. The predicted octanol–water partition coefficient (Wildman–Crippen LogP) is 0.370. The lowest BCUT2D eigenvalue weighted by Crippen LogP contribution is -2.60. The third-order valence-corrected chi connectivity index (χ3v) is 3.31. The van der Waals surface area contributed by atoms with Crippen LogP contribution < -0.4 is 10.6 Å². The number of nitrogens with one attached hydrogen (secondary N) is 2. The number of rotatable bonds is 6. The van der Waals surface area contributed by atoms with E-state index < -0.39 is 12.0 Å². The minimum atomic E-state index is -0.920. The van der Waals surface area contributed by atoms with E-state index in [2.05, 4.69) is 10.6 Å². The Morgan fingerprint density at radius 3 is 2.37 bits per heavy atom. The molecule has 0 aromatic heterocycles. The molecular formula is C13H24N2O4. The number of carbonyl (C=O) groups is 2. The molecule has 1 amide bonds. The largest absolute Gasteiger partial charge is 0.481 e. The van der Waals surface area contributed by atoms with Crippen LogP contribution in [-0.4, -0.2) is 48.3 Å². The fraction of sp³-hybridized carbons (Fsp3) is 0.846. The van der Waals surface area contributed by atoms with Gasteiger partial charge in [-0.2, -0.15) is 0 Å². The molecule has 3 N–H and O–H groups in total. The molecule has 110 valence electrons. The number of hydrogen-bond donors (Lipinski definition) is 3. The van der Waals surface area contributed by atoms with Crippen molar-refractivity contribution in [1.82, 2.24) is 10.6 Å². The van der Waals surface area contributed by atoms with Crippen LogP contribution in [-0.2, 0) is 14.3 Å². The van der Waals surface area contributed by atoms with Crippen molar-refractivity contribution in [3.05, 3.63) is 0 Å². The zero-order chi connectivity index (χ0) is 14.7. The number of ether oxygens (including phenoxy) is 1. The summed E-state index contributed by atoms with van der Waals surface area (Å²) in [5, 5.41) is 14.7. The minimum Gasteiger partial charge on any atom is -0.481 e. The molecule has 0 saturated carbocycles. The summed E-state index contributed by atoms with van der Waals surface area (Å²) in [5.74, 6) is -1.19. The molecule has 0 aliphatic carbocycles. The summed E-state index contributed by atoms with van der Waals surface area (Å²) in [6, 6.07) is -0.409. The third-order valence-electron chi connectivity index (χ3n) is 3.31. The minimum absolute atomic E-state index is 0.0373. The van der Waals surface area contributed by atoms with E-state index in [9.17, 15) is 9.59 Å². The Morgan fingerprint density at radius 2 is 2.00 bits per heavy atom. The van der Waals surface area contributed by atoms with Gasteiger partial charge in [-0.25, -0.2) is 0 Å². The molecule has 1 atom stereocenters. The first kappa shape index (κ1) is 15.9. The molecule has 1 heterocycles. The smallest absolute Gasteiger partial charge is 0.305 e. The van der Waals surface area contributed by atoms with Gasteiger partial charge in [-0.1, -0.05) is 20.8 Å². The van der Waals surface area contributed by atoms with Gasteiger partial charge in [0.25, 0.3) is 0 Å². The standard InChI is InChI=1S/C13H24N2O4/c1-12(2,3)9(5-11(17)18)15-10(16)6-19-13(4)7-14-8-13/h9,14H,5-8H2,1-4H3,(H,15,16)(H,17,18). The first-order chi connectivity index (χ1) is 8.62. The first-order valence-electron chi connectivity index (χ1n) is 6.48. The maximum absolute atomic E-state index is 11.8. The Labute approximate surface area is 113 Å². The first-order valence-corrected chi connectivity index (χ1v) is 6.48. The summed E-state index contributed by atoms with van der Waals surface area (Å²) in [7, 11) is 0. The highest BCUT2D eigenvalue weighted by atomic mass is 16.5. The van der Waals surface area contributed by atoms with E-state index in [0.717, 1.165) is 13.1 Å². The lowest BCUT2D eigenvalue weighted by Gasteiger charge is -2.39.